The first-order valence-corrected chi connectivity index (χ1v) is 2.28. The molecule has 0 saturated heterocycles. The second-order valence-corrected chi connectivity index (χ2v) is 1.46. The number of hydrogen-bond donors (Lipinski definition) is 2. The lowest BCUT2D eigenvalue weighted by Gasteiger charge is -2.12. The van der Waals surface area contributed by atoms with Crippen molar-refractivity contribution in [2.45, 2.75) is 19.6 Å². The van der Waals surface area contributed by atoms with Crippen LogP contribution in [0.2, 0.25) is 0 Å². The van der Waals surface area contributed by atoms with Gasteiger partial charge in [-0.1, -0.05) is 6.92 Å². The van der Waals surface area contributed by atoms with Crippen molar-refractivity contribution in [1.82, 2.24) is 5.06 Å². The zero-order chi connectivity index (χ0) is 5.86. The molecule has 0 aliphatic rings. The second-order valence-electron chi connectivity index (χ2n) is 1.46. The van der Waals surface area contributed by atoms with E-state index in [1.165, 1.54) is 7.05 Å². The maximum Gasteiger partial charge on any atom is 0.129 e. The molecule has 0 fully saturated rings. The van der Waals surface area contributed by atoms with Crippen molar-refractivity contribution in [2.75, 3.05) is 7.05 Å². The van der Waals surface area contributed by atoms with Crippen LogP contribution in [0.4, 0.5) is 0 Å². The van der Waals surface area contributed by atoms with Crippen molar-refractivity contribution in [2.24, 2.45) is 0 Å². The topological polar surface area (TPSA) is 43.7 Å². The Bertz CT molecular complexity index is 47.0. The Hall–Kier alpha value is -0.120. The molecule has 1 atom stereocenters. The minimum Gasteiger partial charge on any atom is -0.376 e. The zero-order valence-corrected chi connectivity index (χ0v) is 4.63. The third-order valence-electron chi connectivity index (χ3n) is 0.796. The number of aliphatic hydroxyl groups is 1. The van der Waals surface area contributed by atoms with Gasteiger partial charge in [-0.15, -0.1) is 0 Å². The highest BCUT2D eigenvalue weighted by Crippen LogP contribution is 1.89. The Morgan fingerprint density at radius 3 is 2.14 bits per heavy atom. The summed E-state index contributed by atoms with van der Waals surface area (Å²) >= 11 is 0. The summed E-state index contributed by atoms with van der Waals surface area (Å²) in [5, 5.41) is 17.8. The highest BCUT2D eigenvalue weighted by Gasteiger charge is 2.01. The van der Waals surface area contributed by atoms with Crippen LogP contribution >= 0.6 is 0 Å². The molecule has 0 aromatic rings. The van der Waals surface area contributed by atoms with Gasteiger partial charge in [0.2, 0.25) is 0 Å². The van der Waals surface area contributed by atoms with E-state index in [9.17, 15) is 0 Å². The molecule has 0 spiro atoms. The summed E-state index contributed by atoms with van der Waals surface area (Å²) in [7, 11) is 1.41. The summed E-state index contributed by atoms with van der Waals surface area (Å²) in [4.78, 5) is 0. The molecule has 0 rings (SSSR count). The molecule has 0 heterocycles. The van der Waals surface area contributed by atoms with Gasteiger partial charge in [-0.2, -0.15) is 5.06 Å². The quantitative estimate of drug-likeness (QED) is 0.385. The summed E-state index contributed by atoms with van der Waals surface area (Å²) < 4.78 is 0. The molecule has 0 amide bonds. The highest BCUT2D eigenvalue weighted by atomic mass is 16.5. The molecule has 3 nitrogen and oxygen atoms in total. The maximum atomic E-state index is 8.61. The smallest absolute Gasteiger partial charge is 0.129 e. The zero-order valence-electron chi connectivity index (χ0n) is 4.63. The predicted molar refractivity (Wildman–Crippen MR) is 25.8 cm³/mol. The van der Waals surface area contributed by atoms with Gasteiger partial charge in [-0.25, -0.2) is 0 Å². The lowest BCUT2D eigenvalue weighted by atomic mass is 10.4. The third-order valence-corrected chi connectivity index (χ3v) is 0.796. The first-order valence-electron chi connectivity index (χ1n) is 2.28. The Kier molecular flexibility index (Phi) is 2.91. The van der Waals surface area contributed by atoms with Gasteiger partial charge >= 0.3 is 0 Å². The SMILES string of the molecule is CCC(O)N(C)O. The summed E-state index contributed by atoms with van der Waals surface area (Å²) in [6.07, 6.45) is -0.160. The summed E-state index contributed by atoms with van der Waals surface area (Å²) in [6, 6.07) is 0. The molecule has 0 radical (unpaired) electrons. The molecular weight excluding hydrogens is 94.0 g/mol. The van der Waals surface area contributed by atoms with Crippen LogP contribution in [0.1, 0.15) is 13.3 Å². The Morgan fingerprint density at radius 1 is 1.71 bits per heavy atom. The van der Waals surface area contributed by atoms with Crippen molar-refractivity contribution in [3.63, 3.8) is 0 Å². The van der Waals surface area contributed by atoms with Crippen LogP contribution in [-0.2, 0) is 0 Å². The molecule has 2 N–H and O–H groups in total. The summed E-state index contributed by atoms with van der Waals surface area (Å²) in [5.41, 5.74) is 0. The van der Waals surface area contributed by atoms with Crippen molar-refractivity contribution >= 4 is 0 Å². The lowest BCUT2D eigenvalue weighted by molar-refractivity contribution is -0.177. The van der Waals surface area contributed by atoms with E-state index in [0.717, 1.165) is 5.06 Å². The fourth-order valence-electron chi connectivity index (χ4n) is 0.264. The van der Waals surface area contributed by atoms with E-state index in [0.29, 0.717) is 6.42 Å². The van der Waals surface area contributed by atoms with Crippen LogP contribution in [0.15, 0.2) is 0 Å². The molecule has 1 unspecified atom stereocenters. The number of rotatable bonds is 2. The minimum atomic E-state index is -0.708. The molecule has 44 valence electrons. The Morgan fingerprint density at radius 2 is 2.14 bits per heavy atom. The third kappa shape index (κ3) is 2.56. The molecule has 0 saturated carbocycles. The van der Waals surface area contributed by atoms with Gasteiger partial charge in [0.15, 0.2) is 0 Å². The molecule has 0 aromatic carbocycles. The first-order chi connectivity index (χ1) is 3.18. The Labute approximate surface area is 43.1 Å². The fourth-order valence-corrected chi connectivity index (χ4v) is 0.264. The largest absolute Gasteiger partial charge is 0.376 e. The maximum absolute atomic E-state index is 8.61. The standard InChI is InChI=1S/C4H11NO2/c1-3-4(6)5(2)7/h4,6-7H,3H2,1-2H3. The normalized spacial score (nSPS) is 15.0. The second kappa shape index (κ2) is 2.96. The van der Waals surface area contributed by atoms with Crippen molar-refractivity contribution < 1.29 is 10.3 Å². The molecule has 0 bridgehead atoms. The van der Waals surface area contributed by atoms with E-state index in [4.69, 9.17) is 10.3 Å². The van der Waals surface area contributed by atoms with Crippen molar-refractivity contribution in [3.8, 4) is 0 Å². The van der Waals surface area contributed by atoms with Gasteiger partial charge in [-0.3, -0.25) is 0 Å². The number of hydrogen-bond acceptors (Lipinski definition) is 3. The molecule has 3 heteroatoms. The minimum absolute atomic E-state index is 0.549. The molecule has 0 aromatic heterocycles. The highest BCUT2D eigenvalue weighted by molar-refractivity contribution is 4.38. The van der Waals surface area contributed by atoms with Crippen LogP contribution in [-0.4, -0.2) is 28.7 Å². The van der Waals surface area contributed by atoms with E-state index < -0.39 is 6.23 Å². The van der Waals surface area contributed by atoms with Crippen LogP contribution in [0.5, 0.6) is 0 Å². The number of aliphatic hydroxyl groups excluding tert-OH is 1. The van der Waals surface area contributed by atoms with Crippen LogP contribution in [0.3, 0.4) is 0 Å². The fraction of sp³-hybridized carbons (Fsp3) is 1.00. The first kappa shape index (κ1) is 6.88. The monoisotopic (exact) mass is 105 g/mol. The number of nitrogens with zero attached hydrogens (tertiary/aromatic N) is 1. The molecule has 7 heavy (non-hydrogen) atoms. The average Bonchev–Trinajstić information content (AvgIpc) is 1.65. The molecule has 0 aliphatic carbocycles. The van der Waals surface area contributed by atoms with Crippen LogP contribution in [0.25, 0.3) is 0 Å². The lowest BCUT2D eigenvalue weighted by Crippen LogP contribution is -2.26. The van der Waals surface area contributed by atoms with Crippen LogP contribution in [0, 0.1) is 0 Å². The van der Waals surface area contributed by atoms with Crippen LogP contribution < -0.4 is 0 Å². The van der Waals surface area contributed by atoms with Crippen molar-refractivity contribution in [1.29, 1.82) is 0 Å². The molecule has 0 aliphatic heterocycles. The van der Waals surface area contributed by atoms with E-state index in [1.807, 2.05) is 0 Å². The van der Waals surface area contributed by atoms with Gasteiger partial charge in [0.05, 0.1) is 0 Å². The van der Waals surface area contributed by atoms with Gasteiger partial charge in [0, 0.05) is 7.05 Å². The summed E-state index contributed by atoms with van der Waals surface area (Å²) in [5.74, 6) is 0. The van der Waals surface area contributed by atoms with E-state index in [-0.39, 0.29) is 0 Å². The predicted octanol–water partition coefficient (Wildman–Crippen LogP) is 0.0358. The summed E-state index contributed by atoms with van der Waals surface area (Å²) in [6.45, 7) is 1.79. The van der Waals surface area contributed by atoms with E-state index in [1.54, 1.807) is 6.92 Å². The Balaban J connectivity index is 3.14. The number of hydroxylamine groups is 2. The van der Waals surface area contributed by atoms with Gasteiger partial charge in [0.1, 0.15) is 6.23 Å². The van der Waals surface area contributed by atoms with E-state index >= 15 is 0 Å². The average molecular weight is 105 g/mol. The van der Waals surface area contributed by atoms with E-state index in [2.05, 4.69) is 0 Å². The van der Waals surface area contributed by atoms with Crippen molar-refractivity contribution in [3.05, 3.63) is 0 Å². The van der Waals surface area contributed by atoms with Gasteiger partial charge in [0.25, 0.3) is 0 Å². The van der Waals surface area contributed by atoms with Gasteiger partial charge < -0.3 is 10.3 Å². The van der Waals surface area contributed by atoms with Gasteiger partial charge in [-0.05, 0) is 6.42 Å². The molecular formula is C4H11NO2.